The van der Waals surface area contributed by atoms with Crippen LogP contribution in [0.1, 0.15) is 36.0 Å². The Morgan fingerprint density at radius 1 is 1.25 bits per heavy atom. The lowest BCUT2D eigenvalue weighted by Crippen LogP contribution is -2.02. The van der Waals surface area contributed by atoms with E-state index in [0.717, 1.165) is 28.9 Å². The normalized spacial score (nSPS) is 15.3. The fourth-order valence-corrected chi connectivity index (χ4v) is 3.68. The molecule has 2 aromatic rings. The third kappa shape index (κ3) is 1.40. The zero-order valence-electron chi connectivity index (χ0n) is 9.42. The van der Waals surface area contributed by atoms with Crippen LogP contribution in [0, 0.1) is 0 Å². The van der Waals surface area contributed by atoms with Crippen molar-refractivity contribution in [2.75, 3.05) is 5.73 Å². The number of nitrogen functional groups attached to an aromatic ring is 1. The van der Waals surface area contributed by atoms with Gasteiger partial charge in [0.05, 0.1) is 5.39 Å². The van der Waals surface area contributed by atoms with Gasteiger partial charge in [0.2, 0.25) is 0 Å². The summed E-state index contributed by atoms with van der Waals surface area (Å²) in [7, 11) is 0. The number of rotatable bonds is 1. The van der Waals surface area contributed by atoms with Crippen LogP contribution < -0.4 is 5.73 Å². The highest BCUT2D eigenvalue weighted by Gasteiger charge is 2.19. The van der Waals surface area contributed by atoms with E-state index in [1.54, 1.807) is 0 Å². The van der Waals surface area contributed by atoms with Crippen LogP contribution in [-0.2, 0) is 19.3 Å². The average molecular weight is 233 g/mol. The summed E-state index contributed by atoms with van der Waals surface area (Å²) in [6, 6.07) is 0. The molecule has 3 nitrogen and oxygen atoms in total. The van der Waals surface area contributed by atoms with Crippen LogP contribution in [0.25, 0.3) is 10.2 Å². The Hall–Kier alpha value is -1.16. The van der Waals surface area contributed by atoms with Crippen LogP contribution in [0.3, 0.4) is 0 Å². The molecule has 0 aromatic carbocycles. The molecule has 0 saturated carbocycles. The number of thiophene rings is 1. The molecule has 0 unspecified atom stereocenters. The lowest BCUT2D eigenvalue weighted by molar-refractivity contribution is 0.700. The summed E-state index contributed by atoms with van der Waals surface area (Å²) in [4.78, 5) is 11.5. The van der Waals surface area contributed by atoms with Gasteiger partial charge in [-0.1, -0.05) is 6.92 Å². The monoisotopic (exact) mass is 233 g/mol. The second-order valence-corrected chi connectivity index (χ2v) is 5.35. The molecule has 1 aliphatic rings. The van der Waals surface area contributed by atoms with Gasteiger partial charge in [0, 0.05) is 11.3 Å². The van der Waals surface area contributed by atoms with Gasteiger partial charge in [-0.3, -0.25) is 0 Å². The number of aromatic nitrogens is 2. The Bertz CT molecular complexity index is 545. The zero-order chi connectivity index (χ0) is 11.1. The molecule has 0 bridgehead atoms. The number of hydrogen-bond acceptors (Lipinski definition) is 4. The Morgan fingerprint density at radius 3 is 2.88 bits per heavy atom. The molecule has 0 amide bonds. The highest BCUT2D eigenvalue weighted by atomic mass is 32.1. The summed E-state index contributed by atoms with van der Waals surface area (Å²) in [5, 5.41) is 1.14. The first-order valence-corrected chi connectivity index (χ1v) is 6.68. The molecule has 2 N–H and O–H groups in total. The van der Waals surface area contributed by atoms with Gasteiger partial charge in [0.15, 0.2) is 0 Å². The first kappa shape index (κ1) is 10.0. The Kier molecular flexibility index (Phi) is 2.32. The van der Waals surface area contributed by atoms with Crippen molar-refractivity contribution in [3.8, 4) is 0 Å². The van der Waals surface area contributed by atoms with Crippen molar-refractivity contribution in [3.63, 3.8) is 0 Å². The standard InChI is InChI=1S/C12H15N3S/c1-2-9-14-11(13)10-7-5-3-4-6-8(7)16-12(10)15-9/h2-6H2,1H3,(H2,13,14,15). The van der Waals surface area contributed by atoms with Gasteiger partial charge in [-0.25, -0.2) is 9.97 Å². The van der Waals surface area contributed by atoms with Crippen molar-refractivity contribution < 1.29 is 0 Å². The molecule has 4 heteroatoms. The maximum Gasteiger partial charge on any atom is 0.136 e. The summed E-state index contributed by atoms with van der Waals surface area (Å²) < 4.78 is 0. The number of anilines is 1. The molecule has 2 aromatic heterocycles. The summed E-state index contributed by atoms with van der Waals surface area (Å²) >= 11 is 1.81. The van der Waals surface area contributed by atoms with Crippen molar-refractivity contribution in [1.82, 2.24) is 9.97 Å². The van der Waals surface area contributed by atoms with Crippen LogP contribution in [0.2, 0.25) is 0 Å². The molecular weight excluding hydrogens is 218 g/mol. The maximum absolute atomic E-state index is 6.06. The fraction of sp³-hybridized carbons (Fsp3) is 0.500. The van der Waals surface area contributed by atoms with Crippen LogP contribution in [0.4, 0.5) is 5.82 Å². The van der Waals surface area contributed by atoms with Crippen LogP contribution in [-0.4, -0.2) is 9.97 Å². The second kappa shape index (κ2) is 3.70. The fourth-order valence-electron chi connectivity index (χ4n) is 2.39. The minimum Gasteiger partial charge on any atom is -0.383 e. The minimum absolute atomic E-state index is 0.682. The Morgan fingerprint density at radius 2 is 2.06 bits per heavy atom. The van der Waals surface area contributed by atoms with Gasteiger partial charge in [-0.05, 0) is 31.2 Å². The molecule has 0 atom stereocenters. The number of hydrogen-bond donors (Lipinski definition) is 1. The molecular formula is C12H15N3S. The van der Waals surface area contributed by atoms with Gasteiger partial charge >= 0.3 is 0 Å². The van der Waals surface area contributed by atoms with Crippen LogP contribution in [0.5, 0.6) is 0 Å². The SMILES string of the molecule is CCc1nc(N)c2c3c(sc2n1)CCCC3. The van der Waals surface area contributed by atoms with Crippen LogP contribution in [0.15, 0.2) is 0 Å². The molecule has 84 valence electrons. The van der Waals surface area contributed by atoms with Crippen LogP contribution >= 0.6 is 11.3 Å². The highest BCUT2D eigenvalue weighted by molar-refractivity contribution is 7.19. The summed E-state index contributed by atoms with van der Waals surface area (Å²) in [6.45, 7) is 2.06. The summed E-state index contributed by atoms with van der Waals surface area (Å²) in [5.74, 6) is 1.55. The van der Waals surface area contributed by atoms with E-state index in [9.17, 15) is 0 Å². The molecule has 0 spiro atoms. The van der Waals surface area contributed by atoms with Crippen molar-refractivity contribution >= 4 is 27.4 Å². The molecule has 0 aliphatic heterocycles. The van der Waals surface area contributed by atoms with E-state index in [-0.39, 0.29) is 0 Å². The van der Waals surface area contributed by atoms with E-state index in [0.29, 0.717) is 5.82 Å². The van der Waals surface area contributed by atoms with E-state index >= 15 is 0 Å². The van der Waals surface area contributed by atoms with E-state index in [1.165, 1.54) is 29.7 Å². The van der Waals surface area contributed by atoms with Crippen molar-refractivity contribution in [2.45, 2.75) is 39.0 Å². The highest BCUT2D eigenvalue weighted by Crippen LogP contribution is 2.37. The zero-order valence-corrected chi connectivity index (χ0v) is 10.2. The lowest BCUT2D eigenvalue weighted by atomic mass is 9.97. The number of nitrogens with two attached hydrogens (primary N) is 1. The third-order valence-electron chi connectivity index (χ3n) is 3.21. The molecule has 16 heavy (non-hydrogen) atoms. The van der Waals surface area contributed by atoms with Gasteiger partial charge in [0.25, 0.3) is 0 Å². The first-order chi connectivity index (χ1) is 7.79. The molecule has 3 rings (SSSR count). The number of fused-ring (bicyclic) bond motifs is 3. The molecule has 0 radical (unpaired) electrons. The predicted molar refractivity (Wildman–Crippen MR) is 67.8 cm³/mol. The quantitative estimate of drug-likeness (QED) is 0.824. The average Bonchev–Trinajstić information content (AvgIpc) is 2.67. The summed E-state index contributed by atoms with van der Waals surface area (Å²) in [5.41, 5.74) is 7.48. The third-order valence-corrected chi connectivity index (χ3v) is 4.39. The van der Waals surface area contributed by atoms with E-state index in [1.807, 2.05) is 11.3 Å². The predicted octanol–water partition coefficient (Wildman–Crippen LogP) is 2.71. The van der Waals surface area contributed by atoms with Gasteiger partial charge < -0.3 is 5.73 Å². The van der Waals surface area contributed by atoms with Crippen molar-refractivity contribution in [3.05, 3.63) is 16.3 Å². The van der Waals surface area contributed by atoms with E-state index < -0.39 is 0 Å². The number of aryl methyl sites for hydroxylation is 3. The Labute approximate surface area is 98.7 Å². The minimum atomic E-state index is 0.682. The maximum atomic E-state index is 6.06. The smallest absolute Gasteiger partial charge is 0.136 e. The van der Waals surface area contributed by atoms with Gasteiger partial charge in [-0.2, -0.15) is 0 Å². The van der Waals surface area contributed by atoms with Crippen molar-refractivity contribution in [2.24, 2.45) is 0 Å². The first-order valence-electron chi connectivity index (χ1n) is 5.86. The molecule has 0 saturated heterocycles. The second-order valence-electron chi connectivity index (χ2n) is 4.27. The molecule has 0 fully saturated rings. The van der Waals surface area contributed by atoms with E-state index in [2.05, 4.69) is 16.9 Å². The van der Waals surface area contributed by atoms with E-state index in [4.69, 9.17) is 5.73 Å². The van der Waals surface area contributed by atoms with Crippen molar-refractivity contribution in [1.29, 1.82) is 0 Å². The number of nitrogens with zero attached hydrogens (tertiary/aromatic N) is 2. The van der Waals surface area contributed by atoms with Gasteiger partial charge in [-0.15, -0.1) is 11.3 Å². The summed E-state index contributed by atoms with van der Waals surface area (Å²) in [6.07, 6.45) is 5.76. The molecule has 1 aliphatic carbocycles. The van der Waals surface area contributed by atoms with Gasteiger partial charge in [0.1, 0.15) is 16.5 Å². The topological polar surface area (TPSA) is 51.8 Å². The largest absolute Gasteiger partial charge is 0.383 e. The molecule has 2 heterocycles. The Balaban J connectivity index is 2.30. The lowest BCUT2D eigenvalue weighted by Gasteiger charge is -2.10.